The van der Waals surface area contributed by atoms with E-state index in [-0.39, 0.29) is 11.8 Å². The Morgan fingerprint density at radius 1 is 1.54 bits per heavy atom. The maximum absolute atomic E-state index is 11.6. The molecule has 1 heterocycles. The number of amides is 1. The molecule has 3 heteroatoms. The standard InChI is InChI=1S/C10H16ClNO/c1-8-7-12(6-4-3-5-11)10(13)9(8)2/h3-4,8-9H,5-7H2,1-2H3/b4-3+. The van der Waals surface area contributed by atoms with Crippen LogP contribution in [-0.4, -0.2) is 29.8 Å². The van der Waals surface area contributed by atoms with E-state index < -0.39 is 0 Å². The van der Waals surface area contributed by atoms with Crippen LogP contribution in [0.5, 0.6) is 0 Å². The molecule has 1 fully saturated rings. The van der Waals surface area contributed by atoms with Gasteiger partial charge in [0.05, 0.1) is 0 Å². The third-order valence-electron chi connectivity index (χ3n) is 2.64. The molecule has 2 atom stereocenters. The lowest BCUT2D eigenvalue weighted by molar-refractivity contribution is -0.130. The van der Waals surface area contributed by atoms with Crippen LogP contribution in [0, 0.1) is 11.8 Å². The van der Waals surface area contributed by atoms with Gasteiger partial charge in [-0.2, -0.15) is 0 Å². The zero-order valence-corrected chi connectivity index (χ0v) is 8.92. The quantitative estimate of drug-likeness (QED) is 0.505. The number of hydrogen-bond donors (Lipinski definition) is 0. The fourth-order valence-electron chi connectivity index (χ4n) is 1.56. The molecule has 1 aliphatic rings. The van der Waals surface area contributed by atoms with Gasteiger partial charge in [0.1, 0.15) is 0 Å². The van der Waals surface area contributed by atoms with Crippen LogP contribution >= 0.6 is 11.6 Å². The molecule has 0 N–H and O–H groups in total. The Kier molecular flexibility index (Phi) is 3.79. The maximum atomic E-state index is 11.6. The lowest BCUT2D eigenvalue weighted by atomic mass is 10.0. The van der Waals surface area contributed by atoms with Gasteiger partial charge in [-0.3, -0.25) is 4.79 Å². The average molecular weight is 202 g/mol. The smallest absolute Gasteiger partial charge is 0.226 e. The van der Waals surface area contributed by atoms with E-state index in [9.17, 15) is 4.79 Å². The number of carbonyl (C=O) groups excluding carboxylic acids is 1. The first kappa shape index (κ1) is 10.6. The van der Waals surface area contributed by atoms with Crippen molar-refractivity contribution in [1.82, 2.24) is 4.90 Å². The molecule has 1 aliphatic heterocycles. The minimum atomic E-state index is 0.185. The van der Waals surface area contributed by atoms with Crippen molar-refractivity contribution < 1.29 is 4.79 Å². The predicted molar refractivity (Wildman–Crippen MR) is 54.8 cm³/mol. The second-order valence-corrected chi connectivity index (χ2v) is 3.94. The van der Waals surface area contributed by atoms with Gasteiger partial charge in [0.2, 0.25) is 5.91 Å². The van der Waals surface area contributed by atoms with Gasteiger partial charge in [0.15, 0.2) is 0 Å². The number of hydrogen-bond acceptors (Lipinski definition) is 1. The van der Waals surface area contributed by atoms with Gasteiger partial charge in [-0.25, -0.2) is 0 Å². The number of carbonyl (C=O) groups is 1. The van der Waals surface area contributed by atoms with Gasteiger partial charge in [0, 0.05) is 24.9 Å². The predicted octanol–water partition coefficient (Wildman–Crippen LogP) is 1.90. The zero-order chi connectivity index (χ0) is 9.84. The molecule has 1 rings (SSSR count). The lowest BCUT2D eigenvalue weighted by Gasteiger charge is -2.12. The van der Waals surface area contributed by atoms with Gasteiger partial charge < -0.3 is 4.90 Å². The normalized spacial score (nSPS) is 29.2. The fraction of sp³-hybridized carbons (Fsp3) is 0.700. The number of allylic oxidation sites excluding steroid dienone is 1. The second-order valence-electron chi connectivity index (χ2n) is 3.63. The molecule has 1 amide bonds. The molecule has 0 aliphatic carbocycles. The van der Waals surface area contributed by atoms with Crippen LogP contribution in [0.4, 0.5) is 0 Å². The topological polar surface area (TPSA) is 20.3 Å². The molecule has 0 aromatic carbocycles. The van der Waals surface area contributed by atoms with Crippen LogP contribution in [0.2, 0.25) is 0 Å². The van der Waals surface area contributed by atoms with E-state index in [1.807, 2.05) is 24.0 Å². The Hall–Kier alpha value is -0.500. The first-order valence-electron chi connectivity index (χ1n) is 4.66. The summed E-state index contributed by atoms with van der Waals surface area (Å²) in [6, 6.07) is 0. The molecule has 0 radical (unpaired) electrons. The van der Waals surface area contributed by atoms with E-state index in [0.717, 1.165) is 6.54 Å². The molecule has 2 unspecified atom stereocenters. The summed E-state index contributed by atoms with van der Waals surface area (Å²) in [5, 5.41) is 0. The Morgan fingerprint density at radius 3 is 2.69 bits per heavy atom. The highest BCUT2D eigenvalue weighted by Crippen LogP contribution is 2.23. The van der Waals surface area contributed by atoms with E-state index in [1.165, 1.54) is 0 Å². The van der Waals surface area contributed by atoms with Crippen molar-refractivity contribution in [2.24, 2.45) is 11.8 Å². The van der Waals surface area contributed by atoms with Gasteiger partial charge in [-0.1, -0.05) is 26.0 Å². The summed E-state index contributed by atoms with van der Waals surface area (Å²) < 4.78 is 0. The van der Waals surface area contributed by atoms with Crippen molar-refractivity contribution in [1.29, 1.82) is 0 Å². The first-order valence-corrected chi connectivity index (χ1v) is 5.20. The molecule has 1 saturated heterocycles. The highest BCUT2D eigenvalue weighted by atomic mass is 35.5. The summed E-state index contributed by atoms with van der Waals surface area (Å²) in [4.78, 5) is 13.5. The van der Waals surface area contributed by atoms with Crippen molar-refractivity contribution in [2.75, 3.05) is 19.0 Å². The zero-order valence-electron chi connectivity index (χ0n) is 8.16. The molecule has 0 aromatic heterocycles. The van der Waals surface area contributed by atoms with Crippen LogP contribution in [0.3, 0.4) is 0 Å². The maximum Gasteiger partial charge on any atom is 0.226 e. The minimum Gasteiger partial charge on any atom is -0.338 e. The SMILES string of the molecule is CC1CN(C/C=C/CCl)C(=O)C1C. The van der Waals surface area contributed by atoms with Crippen LogP contribution in [0.25, 0.3) is 0 Å². The van der Waals surface area contributed by atoms with Crippen molar-refractivity contribution in [3.05, 3.63) is 12.2 Å². The summed E-state index contributed by atoms with van der Waals surface area (Å²) in [6.07, 6.45) is 3.83. The number of nitrogens with zero attached hydrogens (tertiary/aromatic N) is 1. The van der Waals surface area contributed by atoms with Gasteiger partial charge >= 0.3 is 0 Å². The summed E-state index contributed by atoms with van der Waals surface area (Å²) in [5.74, 6) is 1.46. The van der Waals surface area contributed by atoms with Crippen LogP contribution in [0.15, 0.2) is 12.2 Å². The van der Waals surface area contributed by atoms with Crippen molar-refractivity contribution in [3.63, 3.8) is 0 Å². The fourth-order valence-corrected chi connectivity index (χ4v) is 1.68. The highest BCUT2D eigenvalue weighted by molar-refractivity contribution is 6.18. The molecule has 74 valence electrons. The third-order valence-corrected chi connectivity index (χ3v) is 2.82. The number of halogens is 1. The van der Waals surface area contributed by atoms with Crippen molar-refractivity contribution in [3.8, 4) is 0 Å². The van der Waals surface area contributed by atoms with Gasteiger partial charge in [-0.15, -0.1) is 11.6 Å². The number of rotatable bonds is 3. The lowest BCUT2D eigenvalue weighted by Crippen LogP contribution is -2.26. The first-order chi connectivity index (χ1) is 6.16. The number of likely N-dealkylation sites (tertiary alicyclic amines) is 1. The van der Waals surface area contributed by atoms with Crippen molar-refractivity contribution in [2.45, 2.75) is 13.8 Å². The number of alkyl halides is 1. The summed E-state index contributed by atoms with van der Waals surface area (Å²) in [5.41, 5.74) is 0. The summed E-state index contributed by atoms with van der Waals surface area (Å²) in [7, 11) is 0. The van der Waals surface area contributed by atoms with E-state index in [4.69, 9.17) is 11.6 Å². The van der Waals surface area contributed by atoms with Gasteiger partial charge in [-0.05, 0) is 5.92 Å². The Bertz CT molecular complexity index is 215. The van der Waals surface area contributed by atoms with Crippen LogP contribution in [0.1, 0.15) is 13.8 Å². The molecular weight excluding hydrogens is 186 g/mol. The molecule has 13 heavy (non-hydrogen) atoms. The largest absolute Gasteiger partial charge is 0.338 e. The molecule has 0 aromatic rings. The Morgan fingerprint density at radius 2 is 2.23 bits per heavy atom. The average Bonchev–Trinajstić information content (AvgIpc) is 2.34. The third kappa shape index (κ3) is 2.47. The molecule has 0 bridgehead atoms. The summed E-state index contributed by atoms with van der Waals surface area (Å²) in [6.45, 7) is 5.71. The van der Waals surface area contributed by atoms with Crippen molar-refractivity contribution >= 4 is 17.5 Å². The minimum absolute atomic E-state index is 0.185. The molecular formula is C10H16ClNO. The van der Waals surface area contributed by atoms with E-state index in [2.05, 4.69) is 6.92 Å². The van der Waals surface area contributed by atoms with E-state index in [1.54, 1.807) is 0 Å². The van der Waals surface area contributed by atoms with Crippen LogP contribution in [-0.2, 0) is 4.79 Å². The van der Waals surface area contributed by atoms with E-state index >= 15 is 0 Å². The highest BCUT2D eigenvalue weighted by Gasteiger charge is 2.33. The Labute approximate surface area is 84.6 Å². The second kappa shape index (κ2) is 4.66. The van der Waals surface area contributed by atoms with E-state index in [0.29, 0.717) is 18.3 Å². The van der Waals surface area contributed by atoms with Crippen LogP contribution < -0.4 is 0 Å². The molecule has 0 spiro atoms. The summed E-state index contributed by atoms with van der Waals surface area (Å²) >= 11 is 5.49. The van der Waals surface area contributed by atoms with Gasteiger partial charge in [0.25, 0.3) is 0 Å². The monoisotopic (exact) mass is 201 g/mol. The molecule has 0 saturated carbocycles. The Balaban J connectivity index is 2.44. The molecule has 2 nitrogen and oxygen atoms in total.